The molecular weight excluding hydrogens is 501 g/mol. The van der Waals surface area contributed by atoms with Crippen LogP contribution < -0.4 is 10.1 Å². The van der Waals surface area contributed by atoms with Crippen molar-refractivity contribution in [3.8, 4) is 22.9 Å². The van der Waals surface area contributed by atoms with Gasteiger partial charge in [0, 0.05) is 49.7 Å². The molecule has 2 saturated heterocycles. The van der Waals surface area contributed by atoms with Crippen LogP contribution in [0.3, 0.4) is 0 Å². The van der Waals surface area contributed by atoms with Gasteiger partial charge in [0.2, 0.25) is 5.91 Å². The lowest BCUT2D eigenvalue weighted by Gasteiger charge is -2.43. The summed E-state index contributed by atoms with van der Waals surface area (Å²) in [4.78, 5) is 14.8. The Balaban J connectivity index is 0.00000136. The number of aromatic nitrogens is 4. The molecule has 34 heavy (non-hydrogen) atoms. The summed E-state index contributed by atoms with van der Waals surface area (Å²) in [6.45, 7) is 5.11. The number of likely N-dealkylation sites (tertiary alicyclic amines) is 1. The highest BCUT2D eigenvalue weighted by molar-refractivity contribution is 5.86. The van der Waals surface area contributed by atoms with Crippen LogP contribution in [0.15, 0.2) is 30.9 Å². The minimum atomic E-state index is -0.235. The first-order valence-corrected chi connectivity index (χ1v) is 10.5. The molecule has 5 rings (SSSR count). The maximum absolute atomic E-state index is 12.7. The number of amides is 1. The lowest BCUT2D eigenvalue weighted by atomic mass is 9.82. The molecule has 12 heteroatoms. The van der Waals surface area contributed by atoms with Gasteiger partial charge in [-0.15, -0.1) is 37.2 Å². The van der Waals surface area contributed by atoms with Crippen LogP contribution in [-0.4, -0.2) is 63.5 Å². The highest BCUT2D eigenvalue weighted by atomic mass is 35.5. The van der Waals surface area contributed by atoms with Crippen LogP contribution >= 0.6 is 37.2 Å². The Hall–Kier alpha value is -2.51. The van der Waals surface area contributed by atoms with Crippen molar-refractivity contribution in [2.75, 3.05) is 33.3 Å². The molecule has 0 unspecified atom stereocenters. The van der Waals surface area contributed by atoms with Gasteiger partial charge in [-0.05, 0) is 25.8 Å². The first kappa shape index (κ1) is 27.7. The van der Waals surface area contributed by atoms with Crippen LogP contribution in [0, 0.1) is 16.7 Å². The first-order valence-electron chi connectivity index (χ1n) is 10.5. The number of rotatable bonds is 4. The summed E-state index contributed by atoms with van der Waals surface area (Å²) in [7, 11) is 1.59. The van der Waals surface area contributed by atoms with Crippen molar-refractivity contribution in [3.05, 3.63) is 36.4 Å². The molecule has 0 radical (unpaired) electrons. The van der Waals surface area contributed by atoms with Crippen molar-refractivity contribution in [1.82, 2.24) is 29.6 Å². The smallest absolute Gasteiger partial charge is 0.231 e. The average molecular weight is 529 g/mol. The number of nitrogens with one attached hydrogen (secondary N) is 1. The standard InChI is InChI=1S/C22H25N7O2.3ClH/c1-22(13-24-14-22)21(30)27-5-3-18(4-6-27)28-12-17(10-25-28)15-7-19(31-2)20-16(8-23)9-26-29(20)11-15;;;/h7,9-12,18,24H,3-6,13-14H2,1-2H3;3*1H. The zero-order valence-corrected chi connectivity index (χ0v) is 21.4. The number of piperidine rings is 1. The monoisotopic (exact) mass is 527 g/mol. The maximum atomic E-state index is 12.7. The molecule has 2 fully saturated rings. The minimum Gasteiger partial charge on any atom is -0.494 e. The van der Waals surface area contributed by atoms with Gasteiger partial charge in [0.15, 0.2) is 0 Å². The third-order valence-electron chi connectivity index (χ3n) is 6.52. The number of halogens is 3. The predicted molar refractivity (Wildman–Crippen MR) is 135 cm³/mol. The number of hydrogen-bond donors (Lipinski definition) is 1. The molecule has 2 aliphatic rings. The Bertz CT molecular complexity index is 1190. The Kier molecular flexibility index (Phi) is 8.83. The van der Waals surface area contributed by atoms with Gasteiger partial charge in [0.25, 0.3) is 0 Å². The third-order valence-corrected chi connectivity index (χ3v) is 6.52. The lowest BCUT2D eigenvalue weighted by molar-refractivity contribution is -0.145. The van der Waals surface area contributed by atoms with E-state index in [2.05, 4.69) is 21.6 Å². The number of hydrogen-bond acceptors (Lipinski definition) is 6. The van der Waals surface area contributed by atoms with Crippen molar-refractivity contribution >= 4 is 48.6 Å². The molecule has 0 spiro atoms. The molecule has 5 heterocycles. The average Bonchev–Trinajstić information content (AvgIpc) is 3.43. The largest absolute Gasteiger partial charge is 0.494 e. The molecule has 1 amide bonds. The van der Waals surface area contributed by atoms with Crippen molar-refractivity contribution in [1.29, 1.82) is 5.26 Å². The fourth-order valence-electron chi connectivity index (χ4n) is 4.53. The fraction of sp³-hybridized carbons (Fsp3) is 0.455. The number of nitrogens with zero attached hydrogens (tertiary/aromatic N) is 6. The van der Waals surface area contributed by atoms with Crippen LogP contribution in [0.1, 0.15) is 31.4 Å². The van der Waals surface area contributed by atoms with Gasteiger partial charge >= 0.3 is 0 Å². The summed E-state index contributed by atoms with van der Waals surface area (Å²) >= 11 is 0. The zero-order chi connectivity index (χ0) is 21.6. The molecule has 184 valence electrons. The first-order chi connectivity index (χ1) is 15.0. The number of methoxy groups -OCH3 is 1. The second kappa shape index (κ2) is 10.8. The van der Waals surface area contributed by atoms with E-state index >= 15 is 0 Å². The van der Waals surface area contributed by atoms with E-state index in [1.807, 2.05) is 41.2 Å². The van der Waals surface area contributed by atoms with E-state index in [1.54, 1.807) is 17.8 Å². The van der Waals surface area contributed by atoms with Crippen molar-refractivity contribution in [3.63, 3.8) is 0 Å². The van der Waals surface area contributed by atoms with Gasteiger partial charge in [-0.2, -0.15) is 15.5 Å². The van der Waals surface area contributed by atoms with Gasteiger partial charge in [-0.1, -0.05) is 0 Å². The molecule has 0 bridgehead atoms. The Morgan fingerprint density at radius 2 is 1.85 bits per heavy atom. The minimum absolute atomic E-state index is 0. The number of ether oxygens (including phenoxy) is 1. The van der Waals surface area contributed by atoms with E-state index in [-0.39, 0.29) is 54.6 Å². The number of fused-ring (bicyclic) bond motifs is 1. The topological polar surface area (TPSA) is 100 Å². The highest BCUT2D eigenvalue weighted by Gasteiger charge is 2.42. The third kappa shape index (κ3) is 4.68. The highest BCUT2D eigenvalue weighted by Crippen LogP contribution is 2.32. The van der Waals surface area contributed by atoms with Crippen LogP contribution in [0.4, 0.5) is 0 Å². The molecule has 0 aromatic carbocycles. The summed E-state index contributed by atoms with van der Waals surface area (Å²) in [6.07, 6.45) is 9.09. The van der Waals surface area contributed by atoms with Crippen molar-refractivity contribution in [2.24, 2.45) is 5.41 Å². The normalized spacial score (nSPS) is 16.9. The molecule has 3 aromatic heterocycles. The summed E-state index contributed by atoms with van der Waals surface area (Å²) in [5.41, 5.74) is 2.78. The quantitative estimate of drug-likeness (QED) is 0.558. The van der Waals surface area contributed by atoms with Gasteiger partial charge in [-0.3, -0.25) is 9.48 Å². The number of pyridine rings is 1. The summed E-state index contributed by atoms with van der Waals surface area (Å²) < 4.78 is 9.18. The number of nitriles is 1. The zero-order valence-electron chi connectivity index (χ0n) is 18.9. The molecule has 2 aliphatic heterocycles. The van der Waals surface area contributed by atoms with E-state index in [0.717, 1.165) is 50.1 Å². The Morgan fingerprint density at radius 1 is 1.15 bits per heavy atom. The van der Waals surface area contributed by atoms with Crippen LogP contribution in [0.2, 0.25) is 0 Å². The number of carbonyl (C=O) groups excluding carboxylic acids is 1. The van der Waals surface area contributed by atoms with Gasteiger partial charge < -0.3 is 15.0 Å². The van der Waals surface area contributed by atoms with E-state index in [9.17, 15) is 10.1 Å². The van der Waals surface area contributed by atoms with Gasteiger partial charge in [-0.25, -0.2) is 4.52 Å². The van der Waals surface area contributed by atoms with E-state index < -0.39 is 0 Å². The van der Waals surface area contributed by atoms with Crippen LogP contribution in [-0.2, 0) is 4.79 Å². The summed E-state index contributed by atoms with van der Waals surface area (Å²) in [5.74, 6) is 0.868. The summed E-state index contributed by atoms with van der Waals surface area (Å²) in [5, 5.41) is 21.4. The van der Waals surface area contributed by atoms with Gasteiger partial charge in [0.1, 0.15) is 22.9 Å². The van der Waals surface area contributed by atoms with Crippen LogP contribution in [0.25, 0.3) is 16.6 Å². The van der Waals surface area contributed by atoms with E-state index in [0.29, 0.717) is 16.8 Å². The Morgan fingerprint density at radius 3 is 2.44 bits per heavy atom. The maximum Gasteiger partial charge on any atom is 0.231 e. The molecule has 0 atom stereocenters. The molecular formula is C22H28Cl3N7O2. The van der Waals surface area contributed by atoms with Crippen molar-refractivity contribution in [2.45, 2.75) is 25.8 Å². The molecule has 0 saturated carbocycles. The SMILES string of the molecule is COc1cc(-c2cnn(C3CCN(C(=O)C4(C)CNC4)CC3)c2)cn2ncc(C#N)c12.Cl.Cl.Cl. The second-order valence-corrected chi connectivity index (χ2v) is 8.66. The Labute approximate surface area is 216 Å². The van der Waals surface area contributed by atoms with E-state index in [4.69, 9.17) is 4.74 Å². The molecule has 3 aromatic rings. The predicted octanol–water partition coefficient (Wildman–Crippen LogP) is 3.12. The van der Waals surface area contributed by atoms with Crippen LogP contribution in [0.5, 0.6) is 5.75 Å². The van der Waals surface area contributed by atoms with E-state index in [1.165, 1.54) is 0 Å². The fourth-order valence-corrected chi connectivity index (χ4v) is 4.53. The molecule has 0 aliphatic carbocycles. The summed E-state index contributed by atoms with van der Waals surface area (Å²) in [6, 6.07) is 4.33. The van der Waals surface area contributed by atoms with Crippen molar-refractivity contribution < 1.29 is 9.53 Å². The molecule has 1 N–H and O–H groups in total. The van der Waals surface area contributed by atoms with Gasteiger partial charge in [0.05, 0.1) is 31.0 Å². The lowest BCUT2D eigenvalue weighted by Crippen LogP contribution is -2.61. The second-order valence-electron chi connectivity index (χ2n) is 8.66. The molecule has 9 nitrogen and oxygen atoms in total. The number of carbonyl (C=O) groups is 1.